The molecule has 1 aromatic heterocycles. The highest BCUT2D eigenvalue weighted by molar-refractivity contribution is 6.05. The van der Waals surface area contributed by atoms with E-state index in [4.69, 9.17) is 9.47 Å². The second-order valence-electron chi connectivity index (χ2n) is 4.80. The number of aromatic nitrogens is 1. The zero-order valence-corrected chi connectivity index (χ0v) is 12.3. The van der Waals surface area contributed by atoms with Crippen molar-refractivity contribution in [2.75, 3.05) is 19.5 Å². The minimum Gasteiger partial charge on any atom is -0.493 e. The molecule has 1 heterocycles. The molecule has 0 saturated carbocycles. The van der Waals surface area contributed by atoms with Crippen molar-refractivity contribution in [2.45, 2.75) is 0 Å². The third kappa shape index (κ3) is 2.61. The summed E-state index contributed by atoms with van der Waals surface area (Å²) in [4.78, 5) is 15.5. The van der Waals surface area contributed by atoms with E-state index in [1.54, 1.807) is 32.4 Å². The smallest absolute Gasteiger partial charge is 0.255 e. The Bertz CT molecular complexity index is 824. The Morgan fingerprint density at radius 1 is 1.00 bits per heavy atom. The fourth-order valence-corrected chi connectivity index (χ4v) is 2.31. The number of amides is 1. The van der Waals surface area contributed by atoms with Crippen molar-refractivity contribution in [3.63, 3.8) is 0 Å². The number of fused-ring (bicyclic) bond motifs is 1. The molecule has 0 aliphatic heterocycles. The van der Waals surface area contributed by atoms with Crippen LogP contribution in [-0.4, -0.2) is 25.1 Å². The van der Waals surface area contributed by atoms with Gasteiger partial charge in [-0.15, -0.1) is 0 Å². The van der Waals surface area contributed by atoms with Gasteiger partial charge in [0.1, 0.15) is 0 Å². The minimum atomic E-state index is -0.202. The van der Waals surface area contributed by atoms with E-state index < -0.39 is 0 Å². The van der Waals surface area contributed by atoms with Crippen molar-refractivity contribution < 1.29 is 14.3 Å². The Labute approximate surface area is 127 Å². The molecule has 5 heteroatoms. The fourth-order valence-electron chi connectivity index (χ4n) is 2.31. The van der Waals surface area contributed by atoms with Gasteiger partial charge in [-0.05, 0) is 41.8 Å². The molecule has 3 aromatic rings. The van der Waals surface area contributed by atoms with Gasteiger partial charge in [-0.3, -0.25) is 4.79 Å². The van der Waals surface area contributed by atoms with Gasteiger partial charge in [0.15, 0.2) is 11.5 Å². The van der Waals surface area contributed by atoms with Crippen LogP contribution < -0.4 is 14.8 Å². The number of aromatic amines is 1. The van der Waals surface area contributed by atoms with Crippen LogP contribution >= 0.6 is 0 Å². The first-order valence-corrected chi connectivity index (χ1v) is 6.82. The largest absolute Gasteiger partial charge is 0.493 e. The molecule has 0 bridgehead atoms. The molecule has 0 aliphatic rings. The second kappa shape index (κ2) is 5.81. The van der Waals surface area contributed by atoms with Crippen molar-refractivity contribution in [2.24, 2.45) is 0 Å². The van der Waals surface area contributed by atoms with Gasteiger partial charge in [0.05, 0.1) is 14.2 Å². The third-order valence-electron chi connectivity index (χ3n) is 3.46. The van der Waals surface area contributed by atoms with Crippen LogP contribution in [-0.2, 0) is 0 Å². The number of rotatable bonds is 4. The van der Waals surface area contributed by atoms with Crippen molar-refractivity contribution in [1.29, 1.82) is 0 Å². The van der Waals surface area contributed by atoms with Gasteiger partial charge in [0.25, 0.3) is 5.91 Å². The zero-order valence-electron chi connectivity index (χ0n) is 12.3. The number of H-pyrrole nitrogens is 1. The summed E-state index contributed by atoms with van der Waals surface area (Å²) in [6.07, 6.45) is 1.87. The average molecular weight is 296 g/mol. The molecule has 112 valence electrons. The number of ether oxygens (including phenoxy) is 2. The van der Waals surface area contributed by atoms with Crippen molar-refractivity contribution in [1.82, 2.24) is 4.98 Å². The molecule has 3 rings (SSSR count). The maximum atomic E-state index is 12.3. The molecule has 0 radical (unpaired) electrons. The normalized spacial score (nSPS) is 10.5. The molecular formula is C17H16N2O3. The summed E-state index contributed by atoms with van der Waals surface area (Å²) in [5.41, 5.74) is 2.21. The summed E-state index contributed by atoms with van der Waals surface area (Å²) in [6, 6.07) is 12.8. The van der Waals surface area contributed by atoms with Gasteiger partial charge >= 0.3 is 0 Å². The highest BCUT2D eigenvalue weighted by Gasteiger charge is 2.11. The van der Waals surface area contributed by atoms with Crippen LogP contribution in [0.25, 0.3) is 10.9 Å². The quantitative estimate of drug-likeness (QED) is 0.775. The molecule has 5 nitrogen and oxygen atoms in total. The van der Waals surface area contributed by atoms with Crippen LogP contribution in [0.15, 0.2) is 48.7 Å². The Kier molecular flexibility index (Phi) is 3.70. The molecule has 0 spiro atoms. The molecule has 0 aliphatic carbocycles. The molecule has 0 saturated heterocycles. The average Bonchev–Trinajstić information content (AvgIpc) is 3.01. The standard InChI is InChI=1S/C17H16N2O3/c1-21-15-6-4-12(9-16(15)22-2)17(20)19-13-5-3-11-7-8-18-14(11)10-13/h3-10,18H,1-2H3,(H,19,20). The van der Waals surface area contributed by atoms with E-state index in [9.17, 15) is 4.79 Å². The lowest BCUT2D eigenvalue weighted by atomic mass is 10.1. The lowest BCUT2D eigenvalue weighted by molar-refractivity contribution is 0.102. The Morgan fingerprint density at radius 2 is 1.82 bits per heavy atom. The highest BCUT2D eigenvalue weighted by atomic mass is 16.5. The first-order chi connectivity index (χ1) is 10.7. The van der Waals surface area contributed by atoms with E-state index in [-0.39, 0.29) is 5.91 Å². The van der Waals surface area contributed by atoms with E-state index >= 15 is 0 Å². The van der Waals surface area contributed by atoms with Crippen molar-refractivity contribution in [3.8, 4) is 11.5 Å². The number of carbonyl (C=O) groups is 1. The van der Waals surface area contributed by atoms with Crippen LogP contribution in [0, 0.1) is 0 Å². The number of nitrogens with one attached hydrogen (secondary N) is 2. The topological polar surface area (TPSA) is 63.3 Å². The Hall–Kier alpha value is -2.95. The maximum absolute atomic E-state index is 12.3. The third-order valence-corrected chi connectivity index (χ3v) is 3.46. The van der Waals surface area contributed by atoms with Crippen LogP contribution in [0.2, 0.25) is 0 Å². The van der Waals surface area contributed by atoms with Gasteiger partial charge in [0.2, 0.25) is 0 Å². The van der Waals surface area contributed by atoms with E-state index in [1.165, 1.54) is 0 Å². The molecule has 0 unspecified atom stereocenters. The summed E-state index contributed by atoms with van der Waals surface area (Å²) in [7, 11) is 3.10. The molecule has 2 N–H and O–H groups in total. The van der Waals surface area contributed by atoms with Gasteiger partial charge in [-0.2, -0.15) is 0 Å². The molecular weight excluding hydrogens is 280 g/mol. The minimum absolute atomic E-state index is 0.202. The molecule has 22 heavy (non-hydrogen) atoms. The first-order valence-electron chi connectivity index (χ1n) is 6.82. The van der Waals surface area contributed by atoms with E-state index in [2.05, 4.69) is 10.3 Å². The summed E-state index contributed by atoms with van der Waals surface area (Å²) in [5, 5.41) is 3.97. The maximum Gasteiger partial charge on any atom is 0.255 e. The molecule has 0 fully saturated rings. The summed E-state index contributed by atoms with van der Waals surface area (Å²) in [6.45, 7) is 0. The number of carbonyl (C=O) groups excluding carboxylic acids is 1. The summed E-state index contributed by atoms with van der Waals surface area (Å²) in [5.74, 6) is 0.911. The van der Waals surface area contributed by atoms with Crippen LogP contribution in [0.4, 0.5) is 5.69 Å². The van der Waals surface area contributed by atoms with Crippen LogP contribution in [0.1, 0.15) is 10.4 Å². The summed E-state index contributed by atoms with van der Waals surface area (Å²) >= 11 is 0. The Balaban J connectivity index is 1.84. The number of hydrogen-bond donors (Lipinski definition) is 2. The van der Waals surface area contributed by atoms with Gasteiger partial charge < -0.3 is 19.8 Å². The second-order valence-corrected chi connectivity index (χ2v) is 4.80. The van der Waals surface area contributed by atoms with Gasteiger partial charge in [0, 0.05) is 23.0 Å². The lowest BCUT2D eigenvalue weighted by Crippen LogP contribution is -2.12. The number of hydrogen-bond acceptors (Lipinski definition) is 3. The van der Waals surface area contributed by atoms with Crippen molar-refractivity contribution >= 4 is 22.5 Å². The number of benzene rings is 2. The Morgan fingerprint density at radius 3 is 2.59 bits per heavy atom. The highest BCUT2D eigenvalue weighted by Crippen LogP contribution is 2.28. The predicted molar refractivity (Wildman–Crippen MR) is 85.8 cm³/mol. The molecule has 0 atom stereocenters. The van der Waals surface area contributed by atoms with Gasteiger partial charge in [-0.25, -0.2) is 0 Å². The van der Waals surface area contributed by atoms with E-state index in [0.717, 1.165) is 16.6 Å². The predicted octanol–water partition coefficient (Wildman–Crippen LogP) is 3.44. The van der Waals surface area contributed by atoms with E-state index in [1.807, 2.05) is 30.5 Å². The SMILES string of the molecule is COc1ccc(C(=O)Nc2ccc3cc[nH]c3c2)cc1OC. The zero-order chi connectivity index (χ0) is 15.5. The van der Waals surface area contributed by atoms with E-state index in [0.29, 0.717) is 17.1 Å². The van der Waals surface area contributed by atoms with Gasteiger partial charge in [-0.1, -0.05) is 6.07 Å². The summed E-state index contributed by atoms with van der Waals surface area (Å²) < 4.78 is 10.4. The monoisotopic (exact) mass is 296 g/mol. The molecule has 2 aromatic carbocycles. The fraction of sp³-hybridized carbons (Fsp3) is 0.118. The first kappa shape index (κ1) is 14.0. The molecule has 1 amide bonds. The lowest BCUT2D eigenvalue weighted by Gasteiger charge is -2.10. The van der Waals surface area contributed by atoms with Crippen LogP contribution in [0.5, 0.6) is 11.5 Å². The number of methoxy groups -OCH3 is 2. The van der Waals surface area contributed by atoms with Crippen molar-refractivity contribution in [3.05, 3.63) is 54.2 Å². The number of anilines is 1. The van der Waals surface area contributed by atoms with Crippen LogP contribution in [0.3, 0.4) is 0 Å².